The maximum Gasteiger partial charge on any atom is 0.341 e. The maximum absolute atomic E-state index is 13.7. The minimum atomic E-state index is -0.856. The Morgan fingerprint density at radius 3 is 2.73 bits per heavy atom. The van der Waals surface area contributed by atoms with E-state index in [1.165, 1.54) is 29.2 Å². The van der Waals surface area contributed by atoms with Crippen LogP contribution in [0.1, 0.15) is 28.8 Å². The lowest BCUT2D eigenvalue weighted by molar-refractivity contribution is 0.0129. The number of urea groups is 2. The Bertz CT molecular complexity index is 980. The minimum absolute atomic E-state index is 0.0832. The number of ether oxygens (including phenoxy) is 1. The molecule has 1 atom stereocenters. The minimum Gasteiger partial charge on any atom is -0.457 e. The molecule has 2 aromatic rings. The van der Waals surface area contributed by atoms with E-state index in [1.54, 1.807) is 0 Å². The normalized spacial score (nSPS) is 16.2. The third-order valence-corrected chi connectivity index (χ3v) is 5.75. The Hall–Kier alpha value is -3.18. The number of benzene rings is 1. The van der Waals surface area contributed by atoms with Gasteiger partial charge in [-0.3, -0.25) is 5.32 Å². The van der Waals surface area contributed by atoms with Gasteiger partial charge in [-0.15, -0.1) is 11.3 Å². The van der Waals surface area contributed by atoms with Crippen molar-refractivity contribution in [2.24, 2.45) is 11.5 Å². The Balaban J connectivity index is 1.86. The molecular weight excluding hydrogens is 415 g/mol. The first-order chi connectivity index (χ1) is 14.3. The van der Waals surface area contributed by atoms with Gasteiger partial charge in [0.2, 0.25) is 0 Å². The van der Waals surface area contributed by atoms with E-state index in [1.807, 2.05) is 0 Å². The summed E-state index contributed by atoms with van der Waals surface area (Å²) in [5.74, 6) is -1.24. The van der Waals surface area contributed by atoms with Gasteiger partial charge in [-0.25, -0.2) is 18.8 Å². The van der Waals surface area contributed by atoms with Gasteiger partial charge in [0.15, 0.2) is 0 Å². The standard InChI is InChI=1S/C19H21FN4O5S/c20-14-4-3-10(6-11(14)9-25)15-7-13(16(30-15)23-18(21)27)17(26)29-12-2-1-5-24(8-12)19(22)28/h3-4,6-7,12,25H,1-2,5,8-9H2,(H2,22,28)(H3,21,23,27). The number of esters is 1. The third-order valence-electron chi connectivity index (χ3n) is 4.65. The molecule has 9 nitrogen and oxygen atoms in total. The number of rotatable bonds is 5. The van der Waals surface area contributed by atoms with Crippen molar-refractivity contribution in [3.63, 3.8) is 0 Å². The predicted molar refractivity (Wildman–Crippen MR) is 108 cm³/mol. The Kier molecular flexibility index (Phi) is 6.53. The number of hydrogen-bond donors (Lipinski definition) is 4. The van der Waals surface area contributed by atoms with Gasteiger partial charge in [-0.1, -0.05) is 6.07 Å². The van der Waals surface area contributed by atoms with Gasteiger partial charge in [0, 0.05) is 17.0 Å². The number of piperidine rings is 1. The van der Waals surface area contributed by atoms with E-state index in [2.05, 4.69) is 5.32 Å². The van der Waals surface area contributed by atoms with Crippen LogP contribution in [0.4, 0.5) is 19.0 Å². The summed E-state index contributed by atoms with van der Waals surface area (Å²) in [4.78, 5) is 37.5. The fraction of sp³-hybridized carbons (Fsp3) is 0.316. The van der Waals surface area contributed by atoms with Crippen LogP contribution >= 0.6 is 11.3 Å². The van der Waals surface area contributed by atoms with E-state index in [0.717, 1.165) is 11.3 Å². The number of nitrogens with one attached hydrogen (secondary N) is 1. The average molecular weight is 436 g/mol. The molecule has 0 saturated carbocycles. The molecule has 11 heteroatoms. The highest BCUT2D eigenvalue weighted by Gasteiger charge is 2.27. The van der Waals surface area contributed by atoms with Crippen molar-refractivity contribution in [1.82, 2.24) is 4.90 Å². The van der Waals surface area contributed by atoms with E-state index in [0.29, 0.717) is 29.8 Å². The quantitative estimate of drug-likeness (QED) is 0.531. The smallest absolute Gasteiger partial charge is 0.341 e. The molecule has 2 heterocycles. The fourth-order valence-corrected chi connectivity index (χ4v) is 4.23. The van der Waals surface area contributed by atoms with Crippen LogP contribution in [0.25, 0.3) is 10.4 Å². The Labute approximate surface area is 175 Å². The van der Waals surface area contributed by atoms with Crippen LogP contribution in [0.2, 0.25) is 0 Å². The Morgan fingerprint density at radius 1 is 1.30 bits per heavy atom. The highest BCUT2D eigenvalue weighted by molar-refractivity contribution is 7.20. The van der Waals surface area contributed by atoms with Crippen LogP contribution < -0.4 is 16.8 Å². The molecule has 30 heavy (non-hydrogen) atoms. The molecule has 4 amide bonds. The van der Waals surface area contributed by atoms with Crippen LogP contribution in [0.3, 0.4) is 0 Å². The number of anilines is 1. The van der Waals surface area contributed by atoms with E-state index < -0.39 is 36.6 Å². The van der Waals surface area contributed by atoms with Crippen LogP contribution in [-0.4, -0.2) is 47.2 Å². The Morgan fingerprint density at radius 2 is 2.07 bits per heavy atom. The number of carbonyl (C=O) groups excluding carboxylic acids is 3. The molecule has 1 saturated heterocycles. The summed E-state index contributed by atoms with van der Waals surface area (Å²) in [6, 6.07) is 4.22. The number of hydrogen-bond acceptors (Lipinski definition) is 6. The number of primary amides is 2. The van der Waals surface area contributed by atoms with Crippen molar-refractivity contribution in [2.75, 3.05) is 18.4 Å². The summed E-state index contributed by atoms with van der Waals surface area (Å²) >= 11 is 1.06. The van der Waals surface area contributed by atoms with Crippen molar-refractivity contribution < 1.29 is 28.6 Å². The van der Waals surface area contributed by atoms with Gasteiger partial charge >= 0.3 is 18.0 Å². The van der Waals surface area contributed by atoms with E-state index >= 15 is 0 Å². The van der Waals surface area contributed by atoms with Crippen molar-refractivity contribution in [2.45, 2.75) is 25.6 Å². The number of halogens is 1. The summed E-state index contributed by atoms with van der Waals surface area (Å²) in [6.07, 6.45) is 0.681. The van der Waals surface area contributed by atoms with Crippen molar-refractivity contribution in [1.29, 1.82) is 0 Å². The number of carbonyl (C=O) groups is 3. The maximum atomic E-state index is 13.7. The average Bonchev–Trinajstić information content (AvgIpc) is 3.11. The molecule has 1 fully saturated rings. The summed E-state index contributed by atoms with van der Waals surface area (Å²) in [6.45, 7) is 0.205. The zero-order chi connectivity index (χ0) is 21.8. The number of nitrogens with two attached hydrogens (primary N) is 2. The van der Waals surface area contributed by atoms with Gasteiger partial charge in [0.1, 0.15) is 16.9 Å². The molecule has 0 bridgehead atoms. The molecule has 0 aliphatic carbocycles. The first-order valence-electron chi connectivity index (χ1n) is 9.13. The predicted octanol–water partition coefficient (Wildman–Crippen LogP) is 2.24. The van der Waals surface area contributed by atoms with Crippen molar-refractivity contribution in [3.05, 3.63) is 41.2 Å². The number of aliphatic hydroxyl groups is 1. The lowest BCUT2D eigenvalue weighted by atomic mass is 10.1. The van der Waals surface area contributed by atoms with Crippen LogP contribution in [0.15, 0.2) is 24.3 Å². The zero-order valence-corrected chi connectivity index (χ0v) is 16.7. The monoisotopic (exact) mass is 436 g/mol. The van der Waals surface area contributed by atoms with Gasteiger partial charge in [0.25, 0.3) is 0 Å². The molecule has 160 valence electrons. The van der Waals surface area contributed by atoms with Crippen LogP contribution in [-0.2, 0) is 11.3 Å². The highest BCUT2D eigenvalue weighted by Crippen LogP contribution is 2.37. The summed E-state index contributed by atoms with van der Waals surface area (Å²) < 4.78 is 19.2. The van der Waals surface area contributed by atoms with Crippen molar-refractivity contribution in [3.8, 4) is 10.4 Å². The molecule has 1 unspecified atom stereocenters. The number of aliphatic hydroxyl groups excluding tert-OH is 1. The molecule has 6 N–H and O–H groups in total. The van der Waals surface area contributed by atoms with Crippen LogP contribution in [0.5, 0.6) is 0 Å². The van der Waals surface area contributed by atoms with Gasteiger partial charge in [-0.05, 0) is 36.6 Å². The molecule has 0 radical (unpaired) electrons. The zero-order valence-electron chi connectivity index (χ0n) is 15.9. The second-order valence-electron chi connectivity index (χ2n) is 6.76. The van der Waals surface area contributed by atoms with E-state index in [-0.39, 0.29) is 22.7 Å². The number of amides is 4. The van der Waals surface area contributed by atoms with Gasteiger partial charge < -0.3 is 26.2 Å². The van der Waals surface area contributed by atoms with Gasteiger partial charge in [0.05, 0.1) is 18.7 Å². The first kappa shape index (κ1) is 21.5. The molecular formula is C19H21FN4O5S. The third kappa shape index (κ3) is 4.86. The van der Waals surface area contributed by atoms with Crippen molar-refractivity contribution >= 4 is 34.4 Å². The SMILES string of the molecule is NC(=O)Nc1sc(-c2ccc(F)c(CO)c2)cc1C(=O)OC1CCCN(C(N)=O)C1. The van der Waals surface area contributed by atoms with Crippen LogP contribution in [0, 0.1) is 5.82 Å². The second-order valence-corrected chi connectivity index (χ2v) is 7.81. The largest absolute Gasteiger partial charge is 0.457 e. The topological polar surface area (TPSA) is 148 Å². The number of nitrogens with zero attached hydrogens (tertiary/aromatic N) is 1. The number of thiophene rings is 1. The molecule has 1 aliphatic rings. The van der Waals surface area contributed by atoms with E-state index in [9.17, 15) is 23.9 Å². The van der Waals surface area contributed by atoms with Gasteiger partial charge in [-0.2, -0.15) is 0 Å². The fourth-order valence-electron chi connectivity index (χ4n) is 3.19. The summed E-state index contributed by atoms with van der Waals surface area (Å²) in [5.41, 5.74) is 11.2. The van der Waals surface area contributed by atoms with E-state index in [4.69, 9.17) is 16.2 Å². The number of likely N-dealkylation sites (tertiary alicyclic amines) is 1. The summed E-state index contributed by atoms with van der Waals surface area (Å²) in [7, 11) is 0. The lowest BCUT2D eigenvalue weighted by Crippen LogP contribution is -2.46. The molecule has 1 aromatic heterocycles. The second kappa shape index (κ2) is 9.09. The summed E-state index contributed by atoms with van der Waals surface area (Å²) in [5, 5.41) is 11.9. The lowest BCUT2D eigenvalue weighted by Gasteiger charge is -2.31. The molecule has 0 spiro atoms. The highest BCUT2D eigenvalue weighted by atomic mass is 32.1. The molecule has 3 rings (SSSR count). The first-order valence-corrected chi connectivity index (χ1v) is 9.95. The molecule has 1 aliphatic heterocycles. The molecule has 1 aromatic carbocycles.